The van der Waals surface area contributed by atoms with Crippen molar-refractivity contribution in [3.63, 3.8) is 0 Å². The third kappa shape index (κ3) is 4.82. The lowest BCUT2D eigenvalue weighted by atomic mass is 10.2. The summed E-state index contributed by atoms with van der Waals surface area (Å²) in [7, 11) is 0. The zero-order valence-electron chi connectivity index (χ0n) is 18.4. The molecule has 8 nitrogen and oxygen atoms in total. The van der Waals surface area contributed by atoms with Crippen molar-refractivity contribution in [3.05, 3.63) is 64.4 Å². The molecule has 1 aliphatic heterocycles. The summed E-state index contributed by atoms with van der Waals surface area (Å²) in [6.45, 7) is 2.85. The van der Waals surface area contributed by atoms with E-state index in [9.17, 15) is 9.59 Å². The standard InChI is InChI=1S/C24H23ClN6O2S/c25-17-5-1-2-6-18(17)27-22(32)13-29-9-11-30(12-10-29)23(33)14-31-21-8-4-3-7-19(21)28-24(31)20-15-34-16-26-20/h1-8,15-16H,9-14H2,(H,27,32). The zero-order valence-corrected chi connectivity index (χ0v) is 19.9. The van der Waals surface area contributed by atoms with E-state index in [1.807, 2.05) is 56.1 Å². The molecule has 0 bridgehead atoms. The number of benzene rings is 2. The van der Waals surface area contributed by atoms with Crippen LogP contribution in [0, 0.1) is 0 Å². The van der Waals surface area contributed by atoms with Gasteiger partial charge in [-0.05, 0) is 24.3 Å². The Hall–Kier alpha value is -3.27. The molecule has 0 atom stereocenters. The number of anilines is 1. The SMILES string of the molecule is O=C(CN1CCN(C(=O)Cn2c(-c3cscn3)nc3ccccc32)CC1)Nc1ccccc1Cl. The Bertz CT molecular complexity index is 1310. The monoisotopic (exact) mass is 494 g/mol. The number of piperazine rings is 1. The van der Waals surface area contributed by atoms with Gasteiger partial charge in [0.05, 0.1) is 33.8 Å². The fourth-order valence-electron chi connectivity index (χ4n) is 4.10. The molecule has 0 aliphatic carbocycles. The average molecular weight is 495 g/mol. The van der Waals surface area contributed by atoms with Gasteiger partial charge in [0.1, 0.15) is 12.2 Å². The molecular formula is C24H23ClN6O2S. The van der Waals surface area contributed by atoms with Crippen LogP contribution in [0.1, 0.15) is 0 Å². The van der Waals surface area contributed by atoms with Crippen LogP contribution < -0.4 is 5.32 Å². The zero-order chi connectivity index (χ0) is 23.5. The second-order valence-corrected chi connectivity index (χ2v) is 9.19. The van der Waals surface area contributed by atoms with Crippen LogP contribution in [0.2, 0.25) is 5.02 Å². The number of hydrogen-bond donors (Lipinski definition) is 1. The predicted octanol–water partition coefficient (Wildman–Crippen LogP) is 3.60. The van der Waals surface area contributed by atoms with Gasteiger partial charge < -0.3 is 14.8 Å². The number of halogens is 1. The number of thiazole rings is 1. The molecule has 1 fully saturated rings. The summed E-state index contributed by atoms with van der Waals surface area (Å²) in [5.41, 5.74) is 4.89. The van der Waals surface area contributed by atoms with E-state index in [1.165, 1.54) is 11.3 Å². The Morgan fingerprint density at radius 3 is 2.53 bits per heavy atom. The van der Waals surface area contributed by atoms with Crippen molar-refractivity contribution in [1.82, 2.24) is 24.3 Å². The van der Waals surface area contributed by atoms with Gasteiger partial charge in [-0.2, -0.15) is 0 Å². The van der Waals surface area contributed by atoms with E-state index in [4.69, 9.17) is 16.6 Å². The Morgan fingerprint density at radius 1 is 1.00 bits per heavy atom. The van der Waals surface area contributed by atoms with E-state index < -0.39 is 0 Å². The molecule has 1 aliphatic rings. The maximum Gasteiger partial charge on any atom is 0.242 e. The van der Waals surface area contributed by atoms with Crippen molar-refractivity contribution in [2.75, 3.05) is 38.0 Å². The number of rotatable bonds is 6. The third-order valence-electron chi connectivity index (χ3n) is 5.85. The van der Waals surface area contributed by atoms with E-state index in [-0.39, 0.29) is 24.9 Å². The summed E-state index contributed by atoms with van der Waals surface area (Å²) in [4.78, 5) is 38.6. The molecule has 3 heterocycles. The number of fused-ring (bicyclic) bond motifs is 1. The first-order valence-electron chi connectivity index (χ1n) is 11.0. The van der Waals surface area contributed by atoms with Crippen LogP contribution in [0.4, 0.5) is 5.69 Å². The molecule has 2 aromatic heterocycles. The van der Waals surface area contributed by atoms with Crippen LogP contribution in [-0.4, -0.2) is 68.9 Å². The molecule has 2 aromatic carbocycles. The van der Waals surface area contributed by atoms with E-state index in [1.54, 1.807) is 17.6 Å². The summed E-state index contributed by atoms with van der Waals surface area (Å²) < 4.78 is 1.94. The maximum atomic E-state index is 13.2. The summed E-state index contributed by atoms with van der Waals surface area (Å²) in [6, 6.07) is 15.0. The molecule has 1 saturated heterocycles. The molecule has 0 unspecified atom stereocenters. The van der Waals surface area contributed by atoms with Crippen LogP contribution in [0.3, 0.4) is 0 Å². The van der Waals surface area contributed by atoms with Gasteiger partial charge in [0.25, 0.3) is 0 Å². The number of imidazole rings is 1. The van der Waals surface area contributed by atoms with Crippen LogP contribution in [-0.2, 0) is 16.1 Å². The highest BCUT2D eigenvalue weighted by atomic mass is 35.5. The Balaban J connectivity index is 1.21. The molecule has 0 radical (unpaired) electrons. The normalized spacial score (nSPS) is 14.4. The molecule has 1 N–H and O–H groups in total. The highest BCUT2D eigenvalue weighted by molar-refractivity contribution is 7.07. The van der Waals surface area contributed by atoms with Crippen LogP contribution in [0.25, 0.3) is 22.6 Å². The van der Waals surface area contributed by atoms with E-state index >= 15 is 0 Å². The second-order valence-electron chi connectivity index (χ2n) is 8.07. The Labute approximate surface area is 205 Å². The molecule has 34 heavy (non-hydrogen) atoms. The van der Waals surface area contributed by atoms with Crippen molar-refractivity contribution >= 4 is 51.5 Å². The number of nitrogens with zero attached hydrogens (tertiary/aromatic N) is 5. The number of aromatic nitrogens is 3. The number of amides is 2. The van der Waals surface area contributed by atoms with Crippen LogP contribution in [0.15, 0.2) is 59.4 Å². The largest absolute Gasteiger partial charge is 0.339 e. The molecule has 0 spiro atoms. The van der Waals surface area contributed by atoms with Gasteiger partial charge in [-0.15, -0.1) is 11.3 Å². The summed E-state index contributed by atoms with van der Waals surface area (Å²) in [5, 5.41) is 5.30. The van der Waals surface area contributed by atoms with Crippen LogP contribution >= 0.6 is 22.9 Å². The summed E-state index contributed by atoms with van der Waals surface area (Å²) in [5.74, 6) is 0.608. The lowest BCUT2D eigenvalue weighted by Crippen LogP contribution is -2.51. The number of carbonyl (C=O) groups excluding carboxylic acids is 2. The Morgan fingerprint density at radius 2 is 1.76 bits per heavy atom. The van der Waals surface area contributed by atoms with Gasteiger partial charge in [0, 0.05) is 31.6 Å². The van der Waals surface area contributed by atoms with Gasteiger partial charge in [-0.3, -0.25) is 14.5 Å². The maximum absolute atomic E-state index is 13.2. The minimum Gasteiger partial charge on any atom is -0.339 e. The molecule has 4 aromatic rings. The molecule has 5 rings (SSSR count). The van der Waals surface area contributed by atoms with E-state index in [0.29, 0.717) is 42.7 Å². The molecule has 0 saturated carbocycles. The fraction of sp³-hybridized carbons (Fsp3) is 0.250. The first-order chi connectivity index (χ1) is 16.6. The van der Waals surface area contributed by atoms with Gasteiger partial charge in [-0.1, -0.05) is 35.9 Å². The molecular weight excluding hydrogens is 472 g/mol. The highest BCUT2D eigenvalue weighted by Crippen LogP contribution is 2.25. The minimum atomic E-state index is -0.120. The predicted molar refractivity (Wildman–Crippen MR) is 134 cm³/mol. The Kier molecular flexibility index (Phi) is 6.57. The van der Waals surface area contributed by atoms with Crippen LogP contribution in [0.5, 0.6) is 0 Å². The lowest BCUT2D eigenvalue weighted by molar-refractivity contribution is -0.133. The van der Waals surface area contributed by atoms with Crippen molar-refractivity contribution in [2.24, 2.45) is 0 Å². The van der Waals surface area contributed by atoms with E-state index in [2.05, 4.69) is 10.3 Å². The van der Waals surface area contributed by atoms with Crippen molar-refractivity contribution < 1.29 is 9.59 Å². The number of hydrogen-bond acceptors (Lipinski definition) is 6. The number of para-hydroxylation sites is 3. The number of nitrogens with one attached hydrogen (secondary N) is 1. The number of carbonyl (C=O) groups is 2. The van der Waals surface area contributed by atoms with Crippen molar-refractivity contribution in [2.45, 2.75) is 6.54 Å². The molecule has 2 amide bonds. The van der Waals surface area contributed by atoms with Gasteiger partial charge in [-0.25, -0.2) is 9.97 Å². The van der Waals surface area contributed by atoms with Crippen molar-refractivity contribution in [1.29, 1.82) is 0 Å². The fourth-order valence-corrected chi connectivity index (χ4v) is 4.81. The second kappa shape index (κ2) is 9.92. The quantitative estimate of drug-likeness (QED) is 0.443. The van der Waals surface area contributed by atoms with Gasteiger partial charge in [0.15, 0.2) is 5.82 Å². The first kappa shape index (κ1) is 22.5. The third-order valence-corrected chi connectivity index (χ3v) is 6.77. The molecule has 10 heteroatoms. The highest BCUT2D eigenvalue weighted by Gasteiger charge is 2.24. The lowest BCUT2D eigenvalue weighted by Gasteiger charge is -2.34. The smallest absolute Gasteiger partial charge is 0.242 e. The molecule has 174 valence electrons. The summed E-state index contributed by atoms with van der Waals surface area (Å²) >= 11 is 7.62. The first-order valence-corrected chi connectivity index (χ1v) is 12.3. The van der Waals surface area contributed by atoms with Gasteiger partial charge >= 0.3 is 0 Å². The topological polar surface area (TPSA) is 83.4 Å². The average Bonchev–Trinajstić information content (AvgIpc) is 3.49. The van der Waals surface area contributed by atoms with Gasteiger partial charge in [0.2, 0.25) is 11.8 Å². The minimum absolute atomic E-state index is 0.0276. The van der Waals surface area contributed by atoms with Crippen molar-refractivity contribution in [3.8, 4) is 11.5 Å². The van der Waals surface area contributed by atoms with E-state index in [0.717, 1.165) is 16.7 Å². The summed E-state index contributed by atoms with van der Waals surface area (Å²) in [6.07, 6.45) is 0.